The number of carbonyl (C=O) groups excluding carboxylic acids is 1. The number of guanidine groups is 1. The van der Waals surface area contributed by atoms with Gasteiger partial charge in [0, 0.05) is 32.2 Å². The quantitative estimate of drug-likeness (QED) is 0.328. The van der Waals surface area contributed by atoms with E-state index in [1.807, 2.05) is 0 Å². The highest BCUT2D eigenvalue weighted by atomic mass is 16.3. The number of aliphatic hydroxyl groups is 1. The zero-order valence-corrected chi connectivity index (χ0v) is 18.3. The van der Waals surface area contributed by atoms with Crippen LogP contribution in [0.3, 0.4) is 0 Å². The van der Waals surface area contributed by atoms with Crippen LogP contribution >= 0.6 is 0 Å². The van der Waals surface area contributed by atoms with E-state index in [0.717, 1.165) is 38.3 Å². The van der Waals surface area contributed by atoms with Gasteiger partial charge < -0.3 is 10.4 Å². The Morgan fingerprint density at radius 2 is 1.93 bits per heavy atom. The number of aliphatic hydroxyl groups excluding tert-OH is 1. The van der Waals surface area contributed by atoms with Gasteiger partial charge >= 0.3 is 0 Å². The molecule has 3 aliphatic rings. The molecule has 0 aromatic heterocycles. The summed E-state index contributed by atoms with van der Waals surface area (Å²) in [5.41, 5.74) is 0. The van der Waals surface area contributed by atoms with E-state index in [1.54, 1.807) is 7.05 Å². The zero-order valence-electron chi connectivity index (χ0n) is 18.3. The Kier molecular flexibility index (Phi) is 8.79. The molecular formula is C23H42N4O2. The lowest BCUT2D eigenvalue weighted by Gasteiger charge is -2.37. The molecule has 6 heteroatoms. The lowest BCUT2D eigenvalue weighted by atomic mass is 9.79. The number of hydrogen-bond acceptors (Lipinski definition) is 4. The van der Waals surface area contributed by atoms with Crippen molar-refractivity contribution < 1.29 is 9.90 Å². The highest BCUT2D eigenvalue weighted by Crippen LogP contribution is 2.34. The van der Waals surface area contributed by atoms with Crippen LogP contribution in [0.25, 0.3) is 0 Å². The van der Waals surface area contributed by atoms with Gasteiger partial charge in [-0.05, 0) is 50.4 Å². The first-order valence-electron chi connectivity index (χ1n) is 12.0. The van der Waals surface area contributed by atoms with E-state index in [0.29, 0.717) is 18.4 Å². The molecule has 0 radical (unpaired) electrons. The summed E-state index contributed by atoms with van der Waals surface area (Å²) in [6, 6.07) is 0.890. The van der Waals surface area contributed by atoms with Crippen LogP contribution in [0.2, 0.25) is 0 Å². The van der Waals surface area contributed by atoms with Gasteiger partial charge in [0.05, 0.1) is 6.10 Å². The first kappa shape index (κ1) is 22.5. The molecule has 0 aromatic carbocycles. The number of nitrogens with zero attached hydrogens (tertiary/aromatic N) is 2. The van der Waals surface area contributed by atoms with Gasteiger partial charge in [-0.25, -0.2) is 0 Å². The van der Waals surface area contributed by atoms with E-state index in [4.69, 9.17) is 5.41 Å². The highest BCUT2D eigenvalue weighted by molar-refractivity contribution is 5.86. The first-order chi connectivity index (χ1) is 14.0. The third-order valence-corrected chi connectivity index (χ3v) is 7.58. The second-order valence-electron chi connectivity index (χ2n) is 9.85. The van der Waals surface area contributed by atoms with Crippen LogP contribution in [0.5, 0.6) is 0 Å². The predicted octanol–water partition coefficient (Wildman–Crippen LogP) is 3.34. The SMILES string of the molecule is CN(C=O)C(=N)N[C@H](CCC1CCCCC1)C[C@H]1CCC[C@@H](N2CC[C@@H](O)C2)C1. The number of nitrogens with one attached hydrogen (secondary N) is 2. The molecule has 1 heterocycles. The van der Waals surface area contributed by atoms with Crippen molar-refractivity contribution in [3.8, 4) is 0 Å². The van der Waals surface area contributed by atoms with Crippen LogP contribution in [0.1, 0.15) is 83.5 Å². The van der Waals surface area contributed by atoms with Crippen LogP contribution in [0.15, 0.2) is 0 Å². The van der Waals surface area contributed by atoms with Crippen molar-refractivity contribution in [1.29, 1.82) is 5.41 Å². The number of likely N-dealkylation sites (tertiary alicyclic amines) is 1. The lowest BCUT2D eigenvalue weighted by Crippen LogP contribution is -2.45. The van der Waals surface area contributed by atoms with E-state index in [2.05, 4.69) is 10.2 Å². The van der Waals surface area contributed by atoms with E-state index < -0.39 is 0 Å². The number of β-amino-alcohol motifs (C(OH)–C–C–N with tert-alkyl or cyclic N) is 1. The highest BCUT2D eigenvalue weighted by Gasteiger charge is 2.32. The molecule has 166 valence electrons. The Labute approximate surface area is 176 Å². The van der Waals surface area contributed by atoms with Gasteiger partial charge in [0.2, 0.25) is 6.41 Å². The number of carbonyl (C=O) groups is 1. The average molecular weight is 407 g/mol. The minimum absolute atomic E-state index is 0.139. The maximum Gasteiger partial charge on any atom is 0.216 e. The van der Waals surface area contributed by atoms with Gasteiger partial charge in [-0.2, -0.15) is 0 Å². The van der Waals surface area contributed by atoms with E-state index in [-0.39, 0.29) is 18.1 Å². The van der Waals surface area contributed by atoms with E-state index in [9.17, 15) is 9.90 Å². The summed E-state index contributed by atoms with van der Waals surface area (Å²) in [5.74, 6) is 1.74. The van der Waals surface area contributed by atoms with Crippen molar-refractivity contribution in [2.75, 3.05) is 20.1 Å². The Hall–Kier alpha value is -1.14. The molecule has 2 saturated carbocycles. The van der Waals surface area contributed by atoms with Crippen LogP contribution in [-0.2, 0) is 4.79 Å². The van der Waals surface area contributed by atoms with Crippen molar-refractivity contribution in [2.45, 2.75) is 102 Å². The van der Waals surface area contributed by atoms with Crippen molar-refractivity contribution in [3.05, 3.63) is 0 Å². The molecule has 0 spiro atoms. The van der Waals surface area contributed by atoms with Gasteiger partial charge in [-0.3, -0.25) is 20.0 Å². The van der Waals surface area contributed by atoms with Crippen molar-refractivity contribution in [3.63, 3.8) is 0 Å². The van der Waals surface area contributed by atoms with Crippen molar-refractivity contribution in [1.82, 2.24) is 15.1 Å². The molecule has 1 amide bonds. The average Bonchev–Trinajstić information content (AvgIpc) is 3.18. The van der Waals surface area contributed by atoms with Crippen LogP contribution in [-0.4, -0.2) is 65.6 Å². The molecule has 0 bridgehead atoms. The van der Waals surface area contributed by atoms with Crippen LogP contribution < -0.4 is 5.32 Å². The fraction of sp³-hybridized carbons (Fsp3) is 0.913. The maximum absolute atomic E-state index is 11.1. The molecular weight excluding hydrogens is 364 g/mol. The second-order valence-corrected chi connectivity index (χ2v) is 9.85. The van der Waals surface area contributed by atoms with Crippen LogP contribution in [0, 0.1) is 17.2 Å². The summed E-state index contributed by atoms with van der Waals surface area (Å²) in [6.45, 7) is 1.88. The third kappa shape index (κ3) is 6.95. The van der Waals surface area contributed by atoms with Gasteiger partial charge in [0.25, 0.3) is 0 Å². The van der Waals surface area contributed by atoms with Gasteiger partial charge in [-0.1, -0.05) is 44.9 Å². The molecule has 2 aliphatic carbocycles. The largest absolute Gasteiger partial charge is 0.392 e. The summed E-state index contributed by atoms with van der Waals surface area (Å²) in [6.07, 6.45) is 16.8. The van der Waals surface area contributed by atoms with Gasteiger partial charge in [0.15, 0.2) is 5.96 Å². The third-order valence-electron chi connectivity index (χ3n) is 7.58. The fourth-order valence-corrected chi connectivity index (χ4v) is 5.82. The molecule has 1 aliphatic heterocycles. The number of rotatable bonds is 8. The molecule has 0 aromatic rings. The molecule has 0 unspecified atom stereocenters. The minimum atomic E-state index is -0.139. The number of hydrogen-bond donors (Lipinski definition) is 3. The van der Waals surface area contributed by atoms with E-state index >= 15 is 0 Å². The monoisotopic (exact) mass is 406 g/mol. The smallest absolute Gasteiger partial charge is 0.216 e. The normalized spacial score (nSPS) is 30.1. The van der Waals surface area contributed by atoms with E-state index in [1.165, 1.54) is 69.1 Å². The molecule has 3 N–H and O–H groups in total. The standard InChI is InChI=1S/C23H42N4O2/c1-26(17-28)23(24)25-20(11-10-18-6-3-2-4-7-18)14-19-8-5-9-21(15-19)27-13-12-22(29)16-27/h17-22,29H,2-16H2,1H3,(H2,24,25)/t19-,20-,21-,22-/m1/s1. The van der Waals surface area contributed by atoms with Gasteiger partial charge in [0.1, 0.15) is 0 Å². The maximum atomic E-state index is 11.1. The summed E-state index contributed by atoms with van der Waals surface area (Å²) >= 11 is 0. The summed E-state index contributed by atoms with van der Waals surface area (Å²) in [4.78, 5) is 14.9. The fourth-order valence-electron chi connectivity index (χ4n) is 5.82. The molecule has 3 rings (SSSR count). The van der Waals surface area contributed by atoms with Gasteiger partial charge in [-0.15, -0.1) is 0 Å². The summed E-state index contributed by atoms with van der Waals surface area (Å²) in [7, 11) is 1.65. The Balaban J connectivity index is 1.53. The minimum Gasteiger partial charge on any atom is -0.392 e. The first-order valence-corrected chi connectivity index (χ1v) is 12.0. The summed E-state index contributed by atoms with van der Waals surface area (Å²) in [5, 5.41) is 21.5. The van der Waals surface area contributed by atoms with Crippen LogP contribution in [0.4, 0.5) is 0 Å². The Morgan fingerprint density at radius 1 is 1.17 bits per heavy atom. The zero-order chi connectivity index (χ0) is 20.6. The molecule has 6 nitrogen and oxygen atoms in total. The van der Waals surface area contributed by atoms with Crippen molar-refractivity contribution >= 4 is 12.4 Å². The van der Waals surface area contributed by atoms with Crippen molar-refractivity contribution in [2.24, 2.45) is 11.8 Å². The lowest BCUT2D eigenvalue weighted by molar-refractivity contribution is -0.114. The predicted molar refractivity (Wildman–Crippen MR) is 117 cm³/mol. The molecule has 1 saturated heterocycles. The Bertz CT molecular complexity index is 523. The molecule has 4 atom stereocenters. The summed E-state index contributed by atoms with van der Waals surface area (Å²) < 4.78 is 0. The topological polar surface area (TPSA) is 79.7 Å². The molecule has 3 fully saturated rings. The number of amides is 1. The molecule has 29 heavy (non-hydrogen) atoms. The Morgan fingerprint density at radius 3 is 2.62 bits per heavy atom. The second kappa shape index (κ2) is 11.3.